The van der Waals surface area contributed by atoms with E-state index >= 15 is 0 Å². The third-order valence-corrected chi connectivity index (χ3v) is 3.08. The number of benzene rings is 1. The molecule has 1 aromatic carbocycles. The van der Waals surface area contributed by atoms with E-state index in [1.54, 1.807) is 25.1 Å². The molecule has 8 heteroatoms. The number of nitrogens with zero attached hydrogens (tertiary/aromatic N) is 4. The van der Waals surface area contributed by atoms with Crippen molar-refractivity contribution in [1.29, 1.82) is 0 Å². The number of aromatic nitrogens is 4. The Morgan fingerprint density at radius 2 is 2.24 bits per heavy atom. The van der Waals surface area contributed by atoms with Gasteiger partial charge in [-0.15, -0.1) is 10.2 Å². The first-order valence-corrected chi connectivity index (χ1v) is 6.47. The maximum atomic E-state index is 13.9. The zero-order valence-electron chi connectivity index (χ0n) is 12.1. The highest BCUT2D eigenvalue weighted by atomic mass is 19.1. The summed E-state index contributed by atoms with van der Waals surface area (Å²) < 4.78 is 13.9. The molecular weight excluding hydrogens is 275 g/mol. The lowest BCUT2D eigenvalue weighted by atomic mass is 10.1. The van der Waals surface area contributed by atoms with Gasteiger partial charge in [0, 0.05) is 32.2 Å². The summed E-state index contributed by atoms with van der Waals surface area (Å²) in [6.07, 6.45) is 0. The number of hydrogen-bond acceptors (Lipinski definition) is 5. The number of nitrogens with one attached hydrogen (secondary N) is 2. The van der Waals surface area contributed by atoms with Gasteiger partial charge in [-0.25, -0.2) is 4.39 Å². The van der Waals surface area contributed by atoms with E-state index < -0.39 is 11.7 Å². The number of carbonyl (C=O) groups excluding carboxylic acids is 1. The number of hydrogen-bond donors (Lipinski definition) is 2. The molecule has 1 aromatic heterocycles. The van der Waals surface area contributed by atoms with Crippen molar-refractivity contribution in [1.82, 2.24) is 25.9 Å². The smallest absolute Gasteiger partial charge is 0.254 e. The predicted molar refractivity (Wildman–Crippen MR) is 75.7 cm³/mol. The van der Waals surface area contributed by atoms with Crippen LogP contribution in [0, 0.1) is 5.82 Å². The molecule has 0 fully saturated rings. The molecule has 1 unspecified atom stereocenters. The molecule has 112 valence electrons. The first kappa shape index (κ1) is 14.9. The van der Waals surface area contributed by atoms with Crippen LogP contribution in [0.1, 0.15) is 29.0 Å². The Labute approximate surface area is 121 Å². The van der Waals surface area contributed by atoms with Crippen LogP contribution in [0.5, 0.6) is 0 Å². The largest absolute Gasteiger partial charge is 0.378 e. The summed E-state index contributed by atoms with van der Waals surface area (Å²) in [5.74, 6) is -0.630. The molecule has 7 nitrogen and oxygen atoms in total. The highest BCUT2D eigenvalue weighted by Crippen LogP contribution is 2.17. The van der Waals surface area contributed by atoms with Crippen molar-refractivity contribution in [3.63, 3.8) is 0 Å². The fourth-order valence-electron chi connectivity index (χ4n) is 1.78. The second-order valence-corrected chi connectivity index (χ2v) is 4.94. The van der Waals surface area contributed by atoms with E-state index in [0.717, 1.165) is 0 Å². The zero-order chi connectivity index (χ0) is 15.4. The number of rotatable bonds is 5. The highest BCUT2D eigenvalue weighted by molar-refractivity contribution is 5.94. The van der Waals surface area contributed by atoms with E-state index in [1.807, 2.05) is 6.92 Å². The minimum atomic E-state index is -0.550. The molecule has 0 spiro atoms. The maximum Gasteiger partial charge on any atom is 0.254 e. The molecule has 0 radical (unpaired) electrons. The van der Waals surface area contributed by atoms with Gasteiger partial charge in [0.2, 0.25) is 0 Å². The van der Waals surface area contributed by atoms with Crippen LogP contribution in [-0.4, -0.2) is 47.2 Å². The lowest BCUT2D eigenvalue weighted by molar-refractivity contribution is 0.0947. The van der Waals surface area contributed by atoms with Crippen molar-refractivity contribution in [2.75, 3.05) is 25.5 Å². The second-order valence-electron chi connectivity index (χ2n) is 4.94. The summed E-state index contributed by atoms with van der Waals surface area (Å²) in [7, 11) is 3.61. The summed E-state index contributed by atoms with van der Waals surface area (Å²) in [6.45, 7) is 2.14. The van der Waals surface area contributed by atoms with Crippen LogP contribution in [0.15, 0.2) is 18.2 Å². The summed E-state index contributed by atoms with van der Waals surface area (Å²) in [5.41, 5.74) is 0.713. The predicted octanol–water partition coefficient (Wildman–Crippen LogP) is 0.938. The Morgan fingerprint density at radius 1 is 1.48 bits per heavy atom. The lowest BCUT2D eigenvalue weighted by Gasteiger charge is -2.14. The van der Waals surface area contributed by atoms with Crippen molar-refractivity contribution in [2.45, 2.75) is 12.8 Å². The monoisotopic (exact) mass is 292 g/mol. The van der Waals surface area contributed by atoms with Crippen LogP contribution in [0.25, 0.3) is 0 Å². The van der Waals surface area contributed by atoms with Crippen molar-refractivity contribution >= 4 is 11.6 Å². The molecule has 0 saturated heterocycles. The normalized spacial score (nSPS) is 12.0. The summed E-state index contributed by atoms with van der Waals surface area (Å²) in [4.78, 5) is 13.8. The van der Waals surface area contributed by atoms with E-state index in [1.165, 1.54) is 12.1 Å². The van der Waals surface area contributed by atoms with Crippen LogP contribution in [0.4, 0.5) is 10.1 Å². The van der Waals surface area contributed by atoms with Gasteiger partial charge in [-0.05, 0) is 18.2 Å². The van der Waals surface area contributed by atoms with Gasteiger partial charge in [0.1, 0.15) is 5.82 Å². The number of anilines is 1. The van der Waals surface area contributed by atoms with Crippen molar-refractivity contribution < 1.29 is 9.18 Å². The minimum absolute atomic E-state index is 0.0147. The number of tetrazole rings is 1. The zero-order valence-corrected chi connectivity index (χ0v) is 12.1. The van der Waals surface area contributed by atoms with Crippen molar-refractivity contribution in [3.05, 3.63) is 35.4 Å². The third kappa shape index (κ3) is 3.53. The Bertz CT molecular complexity index is 613. The van der Waals surface area contributed by atoms with Crippen LogP contribution >= 0.6 is 0 Å². The van der Waals surface area contributed by atoms with Crippen LogP contribution in [0.3, 0.4) is 0 Å². The van der Waals surface area contributed by atoms with Crippen molar-refractivity contribution in [3.8, 4) is 0 Å². The summed E-state index contributed by atoms with van der Waals surface area (Å²) >= 11 is 0. The van der Waals surface area contributed by atoms with Crippen molar-refractivity contribution in [2.24, 2.45) is 0 Å². The van der Waals surface area contributed by atoms with Gasteiger partial charge in [-0.3, -0.25) is 4.79 Å². The Hall–Kier alpha value is -2.51. The van der Waals surface area contributed by atoms with Gasteiger partial charge in [-0.1, -0.05) is 12.1 Å². The molecule has 2 aromatic rings. The Balaban J connectivity index is 2.00. The van der Waals surface area contributed by atoms with Gasteiger partial charge in [-0.2, -0.15) is 5.21 Å². The van der Waals surface area contributed by atoms with E-state index in [4.69, 9.17) is 0 Å². The number of aromatic amines is 1. The first-order chi connectivity index (χ1) is 9.99. The average Bonchev–Trinajstić information content (AvgIpc) is 2.98. The molecule has 21 heavy (non-hydrogen) atoms. The molecule has 0 bridgehead atoms. The summed E-state index contributed by atoms with van der Waals surface area (Å²) in [5, 5.41) is 16.1. The molecule has 0 aliphatic carbocycles. The molecule has 1 heterocycles. The minimum Gasteiger partial charge on any atom is -0.378 e. The van der Waals surface area contributed by atoms with E-state index in [-0.39, 0.29) is 11.5 Å². The maximum absolute atomic E-state index is 13.9. The number of amides is 1. The fraction of sp³-hybridized carbons (Fsp3) is 0.385. The van der Waals surface area contributed by atoms with Gasteiger partial charge in [0.05, 0.1) is 5.56 Å². The van der Waals surface area contributed by atoms with Crippen LogP contribution in [0.2, 0.25) is 0 Å². The first-order valence-electron chi connectivity index (χ1n) is 6.47. The molecule has 0 aliphatic heterocycles. The van der Waals surface area contributed by atoms with Gasteiger partial charge < -0.3 is 10.2 Å². The molecular formula is C13H17FN6O. The Morgan fingerprint density at radius 3 is 2.81 bits per heavy atom. The molecule has 0 saturated carbocycles. The molecule has 0 aliphatic rings. The topological polar surface area (TPSA) is 86.8 Å². The number of carbonyl (C=O) groups is 1. The molecule has 1 atom stereocenters. The molecule has 2 rings (SSSR count). The lowest BCUT2D eigenvalue weighted by Crippen LogP contribution is -2.28. The second kappa shape index (κ2) is 6.29. The quantitative estimate of drug-likeness (QED) is 0.856. The number of halogens is 1. The fourth-order valence-corrected chi connectivity index (χ4v) is 1.78. The third-order valence-electron chi connectivity index (χ3n) is 3.08. The van der Waals surface area contributed by atoms with E-state index in [9.17, 15) is 9.18 Å². The molecule has 2 N–H and O–H groups in total. The van der Waals surface area contributed by atoms with Crippen LogP contribution < -0.4 is 10.2 Å². The average molecular weight is 292 g/mol. The van der Waals surface area contributed by atoms with E-state index in [0.29, 0.717) is 18.1 Å². The number of H-pyrrole nitrogens is 1. The molecule has 1 amide bonds. The summed E-state index contributed by atoms with van der Waals surface area (Å²) in [6, 6.07) is 4.50. The van der Waals surface area contributed by atoms with Gasteiger partial charge >= 0.3 is 0 Å². The van der Waals surface area contributed by atoms with Gasteiger partial charge in [0.25, 0.3) is 5.91 Å². The SMILES string of the molecule is CC(CNC(=O)c1ccc(N(C)C)cc1F)c1nn[nH]n1. The Kier molecular flexibility index (Phi) is 4.46. The highest BCUT2D eigenvalue weighted by Gasteiger charge is 2.16. The van der Waals surface area contributed by atoms with E-state index in [2.05, 4.69) is 25.9 Å². The van der Waals surface area contributed by atoms with Crippen LogP contribution in [-0.2, 0) is 0 Å². The standard InChI is InChI=1S/C13H17FN6O/c1-8(12-16-18-19-17-12)7-15-13(21)10-5-4-9(20(2)3)6-11(10)14/h4-6,8H,7H2,1-3H3,(H,15,21)(H,16,17,18,19). The van der Waals surface area contributed by atoms with Gasteiger partial charge in [0.15, 0.2) is 5.82 Å².